The average Bonchev–Trinajstić information content (AvgIpc) is 2.36. The lowest BCUT2D eigenvalue weighted by Crippen LogP contribution is -2.20. The summed E-state index contributed by atoms with van der Waals surface area (Å²) in [5.74, 6) is -0.947. The fraction of sp³-hybridized carbons (Fsp3) is 0.455. The van der Waals surface area contributed by atoms with E-state index in [-0.39, 0.29) is 5.56 Å². The van der Waals surface area contributed by atoms with Gasteiger partial charge in [-0.05, 0) is 17.2 Å². The number of methoxy groups -OCH3 is 1. The number of nitrogens with two attached hydrogens (primary N) is 1. The zero-order valence-electron chi connectivity index (χ0n) is 10.3. The highest BCUT2D eigenvalue weighted by Gasteiger charge is 2.38. The van der Waals surface area contributed by atoms with Gasteiger partial charge in [-0.15, -0.1) is 0 Å². The van der Waals surface area contributed by atoms with Crippen LogP contribution in [0.4, 0.5) is 22.0 Å². The molecule has 0 aliphatic carbocycles. The predicted molar refractivity (Wildman–Crippen MR) is 57.8 cm³/mol. The van der Waals surface area contributed by atoms with Gasteiger partial charge in [-0.3, -0.25) is 4.79 Å². The summed E-state index contributed by atoms with van der Waals surface area (Å²) in [5, 5.41) is 0. The van der Waals surface area contributed by atoms with E-state index in [9.17, 15) is 26.7 Å². The van der Waals surface area contributed by atoms with Gasteiger partial charge in [-0.2, -0.15) is 13.2 Å². The minimum absolute atomic E-state index is 0.215. The quantitative estimate of drug-likeness (QED) is 0.683. The molecule has 0 saturated heterocycles. The van der Waals surface area contributed by atoms with Crippen molar-refractivity contribution in [1.82, 2.24) is 4.98 Å². The summed E-state index contributed by atoms with van der Waals surface area (Å²) in [5.41, 5.74) is 1.92. The van der Waals surface area contributed by atoms with Gasteiger partial charge in [0.15, 0.2) is 0 Å². The highest BCUT2D eigenvalue weighted by Crippen LogP contribution is 2.34. The molecule has 1 aromatic rings. The van der Waals surface area contributed by atoms with E-state index in [2.05, 4.69) is 9.72 Å². The molecule has 0 unspecified atom stereocenters. The molecule has 0 saturated carbocycles. The predicted octanol–water partition coefficient (Wildman–Crippen LogP) is 2.21. The molecule has 1 aromatic heterocycles. The lowest BCUT2D eigenvalue weighted by molar-refractivity contribution is -0.143. The van der Waals surface area contributed by atoms with Crippen LogP contribution >= 0.6 is 0 Å². The minimum Gasteiger partial charge on any atom is -0.469 e. The smallest absolute Gasteiger partial charge is 0.433 e. The summed E-state index contributed by atoms with van der Waals surface area (Å²) in [6.45, 7) is -0.433. The largest absolute Gasteiger partial charge is 0.469 e. The number of hydrogen-bond donors (Lipinski definition) is 1. The molecule has 0 aliphatic heterocycles. The van der Waals surface area contributed by atoms with Gasteiger partial charge in [-0.1, -0.05) is 0 Å². The van der Waals surface area contributed by atoms with Crippen LogP contribution in [0.2, 0.25) is 0 Å². The maximum absolute atomic E-state index is 12.9. The molecule has 0 spiro atoms. The van der Waals surface area contributed by atoms with Crippen molar-refractivity contribution in [2.75, 3.05) is 7.11 Å². The van der Waals surface area contributed by atoms with Gasteiger partial charge in [-0.25, -0.2) is 13.8 Å². The first-order valence-electron chi connectivity index (χ1n) is 5.35. The summed E-state index contributed by atoms with van der Waals surface area (Å²) >= 11 is 0. The standard InChI is InChI=1S/C11H11F5N2O2/c1-20-8(19)3-6-5(4-17)2-7(10(12)13)18-9(6)11(14,15)16/h2,10H,3-4,17H2,1H3. The number of pyridine rings is 1. The van der Waals surface area contributed by atoms with Gasteiger partial charge < -0.3 is 10.5 Å². The maximum Gasteiger partial charge on any atom is 0.433 e. The number of rotatable bonds is 4. The average molecular weight is 298 g/mol. The Balaban J connectivity index is 3.48. The van der Waals surface area contributed by atoms with Crippen molar-refractivity contribution >= 4 is 5.97 Å². The first-order valence-corrected chi connectivity index (χ1v) is 5.35. The van der Waals surface area contributed by atoms with E-state index in [0.717, 1.165) is 13.2 Å². The molecule has 9 heteroatoms. The lowest BCUT2D eigenvalue weighted by atomic mass is 10.0. The number of carbonyl (C=O) groups is 1. The molecule has 0 aromatic carbocycles. The summed E-state index contributed by atoms with van der Waals surface area (Å²) < 4.78 is 68.0. The van der Waals surface area contributed by atoms with Gasteiger partial charge in [0.2, 0.25) is 0 Å². The van der Waals surface area contributed by atoms with Crippen molar-refractivity contribution in [2.45, 2.75) is 25.6 Å². The molecule has 0 bridgehead atoms. The number of esters is 1. The number of halogens is 5. The molecule has 0 fully saturated rings. The number of hydrogen-bond acceptors (Lipinski definition) is 4. The van der Waals surface area contributed by atoms with Crippen LogP contribution in [0.1, 0.15) is 28.9 Å². The third-order valence-electron chi connectivity index (χ3n) is 2.50. The third kappa shape index (κ3) is 3.62. The fourth-order valence-corrected chi connectivity index (χ4v) is 1.59. The van der Waals surface area contributed by atoms with Crippen LogP contribution in [0.15, 0.2) is 6.07 Å². The Morgan fingerprint density at radius 1 is 1.45 bits per heavy atom. The molecule has 0 aliphatic rings. The minimum atomic E-state index is -4.97. The Morgan fingerprint density at radius 3 is 2.45 bits per heavy atom. The Kier molecular flexibility index (Phi) is 4.98. The van der Waals surface area contributed by atoms with Crippen LogP contribution in [0.25, 0.3) is 0 Å². The van der Waals surface area contributed by atoms with Crippen molar-refractivity contribution < 1.29 is 31.5 Å². The van der Waals surface area contributed by atoms with E-state index in [0.29, 0.717) is 0 Å². The van der Waals surface area contributed by atoms with Gasteiger partial charge >= 0.3 is 12.1 Å². The van der Waals surface area contributed by atoms with Crippen LogP contribution < -0.4 is 5.73 Å². The zero-order chi connectivity index (χ0) is 15.5. The van der Waals surface area contributed by atoms with Crippen LogP contribution in [0.5, 0.6) is 0 Å². The topological polar surface area (TPSA) is 65.2 Å². The Morgan fingerprint density at radius 2 is 2.05 bits per heavy atom. The molecule has 0 atom stereocenters. The highest BCUT2D eigenvalue weighted by atomic mass is 19.4. The zero-order valence-corrected chi connectivity index (χ0v) is 10.3. The second-order valence-corrected chi connectivity index (χ2v) is 3.79. The number of alkyl halides is 5. The summed E-state index contributed by atoms with van der Waals surface area (Å²) in [7, 11) is 0.999. The van der Waals surface area contributed by atoms with Crippen molar-refractivity contribution in [3.63, 3.8) is 0 Å². The molecular weight excluding hydrogens is 287 g/mol. The van der Waals surface area contributed by atoms with E-state index in [1.54, 1.807) is 0 Å². The second kappa shape index (κ2) is 6.12. The molecule has 4 nitrogen and oxygen atoms in total. The molecule has 20 heavy (non-hydrogen) atoms. The SMILES string of the molecule is COC(=O)Cc1c(CN)cc(C(F)F)nc1C(F)(F)F. The van der Waals surface area contributed by atoms with Crippen LogP contribution in [0.3, 0.4) is 0 Å². The van der Waals surface area contributed by atoms with E-state index in [1.807, 2.05) is 0 Å². The molecule has 112 valence electrons. The van der Waals surface area contributed by atoms with E-state index >= 15 is 0 Å². The molecule has 0 amide bonds. The number of carbonyl (C=O) groups excluding carboxylic acids is 1. The van der Waals surface area contributed by atoms with Crippen molar-refractivity contribution in [3.8, 4) is 0 Å². The molecule has 1 rings (SSSR count). The number of ether oxygens (including phenoxy) is 1. The van der Waals surface area contributed by atoms with Gasteiger partial charge in [0.05, 0.1) is 13.5 Å². The van der Waals surface area contributed by atoms with E-state index in [1.165, 1.54) is 0 Å². The maximum atomic E-state index is 12.9. The summed E-state index contributed by atoms with van der Waals surface area (Å²) in [6.07, 6.45) is -8.89. The van der Waals surface area contributed by atoms with Crippen molar-refractivity contribution in [1.29, 1.82) is 0 Å². The molecule has 2 N–H and O–H groups in total. The number of aromatic nitrogens is 1. The molecule has 0 radical (unpaired) electrons. The van der Waals surface area contributed by atoms with Gasteiger partial charge in [0, 0.05) is 6.54 Å². The van der Waals surface area contributed by atoms with Crippen LogP contribution in [-0.4, -0.2) is 18.1 Å². The van der Waals surface area contributed by atoms with Gasteiger partial charge in [0.1, 0.15) is 11.4 Å². The highest BCUT2D eigenvalue weighted by molar-refractivity contribution is 5.73. The molecular formula is C11H11F5N2O2. The van der Waals surface area contributed by atoms with Crippen molar-refractivity contribution in [3.05, 3.63) is 28.6 Å². The molecule has 1 heterocycles. The number of nitrogens with zero attached hydrogens (tertiary/aromatic N) is 1. The Labute approximate surface area is 110 Å². The fourth-order valence-electron chi connectivity index (χ4n) is 1.59. The normalized spacial score (nSPS) is 11.8. The van der Waals surface area contributed by atoms with E-state index in [4.69, 9.17) is 5.73 Å². The first-order chi connectivity index (χ1) is 9.20. The first kappa shape index (κ1) is 16.3. The third-order valence-corrected chi connectivity index (χ3v) is 2.50. The Hall–Kier alpha value is -1.77. The monoisotopic (exact) mass is 298 g/mol. The summed E-state index contributed by atoms with van der Waals surface area (Å²) in [6, 6.07) is 0.762. The lowest BCUT2D eigenvalue weighted by Gasteiger charge is -2.16. The summed E-state index contributed by atoms with van der Waals surface area (Å²) in [4.78, 5) is 14.0. The Bertz CT molecular complexity index is 502. The van der Waals surface area contributed by atoms with Gasteiger partial charge in [0.25, 0.3) is 6.43 Å². The van der Waals surface area contributed by atoms with Crippen molar-refractivity contribution in [2.24, 2.45) is 5.73 Å². The van der Waals surface area contributed by atoms with E-state index < -0.39 is 48.5 Å². The second-order valence-electron chi connectivity index (χ2n) is 3.79. The van der Waals surface area contributed by atoms with Crippen LogP contribution in [-0.2, 0) is 28.7 Å². The van der Waals surface area contributed by atoms with Crippen LogP contribution in [0, 0.1) is 0 Å².